The van der Waals surface area contributed by atoms with Crippen molar-refractivity contribution in [2.75, 3.05) is 32.1 Å². The first-order valence-electron chi connectivity index (χ1n) is 6.22. The number of ether oxygens (including phenoxy) is 2. The zero-order valence-corrected chi connectivity index (χ0v) is 11.9. The molecule has 1 fully saturated rings. The van der Waals surface area contributed by atoms with E-state index in [1.807, 2.05) is 0 Å². The Balaban J connectivity index is 2.17. The Morgan fingerprint density at radius 1 is 1.43 bits per heavy atom. The number of hydrogen-bond donors (Lipinski definition) is 3. The number of carboxylic acid groups (broad SMARTS) is 1. The highest BCUT2D eigenvalue weighted by atomic mass is 32.2. The van der Waals surface area contributed by atoms with Crippen molar-refractivity contribution in [2.24, 2.45) is 0 Å². The summed E-state index contributed by atoms with van der Waals surface area (Å²) in [4.78, 5) is 10.8. The van der Waals surface area contributed by atoms with E-state index < -0.39 is 22.1 Å². The molecule has 1 aliphatic heterocycles. The standard InChI is InChI=1S/C12H16N2O6S/c13-8-1-2-11(10(5-8)12(15)16)21(17,18)14-6-9-7-19-3-4-20-9/h1-2,5,9,14H,3-4,6-7,13H2,(H,15,16). The number of carboxylic acids is 1. The fourth-order valence-corrected chi connectivity index (χ4v) is 3.13. The molecule has 0 spiro atoms. The molecule has 116 valence electrons. The maximum absolute atomic E-state index is 12.2. The van der Waals surface area contributed by atoms with Gasteiger partial charge in [0.15, 0.2) is 0 Å². The minimum atomic E-state index is -3.97. The monoisotopic (exact) mass is 316 g/mol. The van der Waals surface area contributed by atoms with E-state index in [-0.39, 0.29) is 29.3 Å². The SMILES string of the molecule is Nc1ccc(S(=O)(=O)NCC2COCCO2)c(C(=O)O)c1. The highest BCUT2D eigenvalue weighted by Crippen LogP contribution is 2.19. The second-order valence-electron chi connectivity index (χ2n) is 4.48. The third-order valence-corrected chi connectivity index (χ3v) is 4.39. The third kappa shape index (κ3) is 3.91. The van der Waals surface area contributed by atoms with Gasteiger partial charge in [-0.3, -0.25) is 0 Å². The summed E-state index contributed by atoms with van der Waals surface area (Å²) in [5.74, 6) is -1.36. The Bertz CT molecular complexity index is 625. The van der Waals surface area contributed by atoms with Crippen molar-refractivity contribution in [3.05, 3.63) is 23.8 Å². The average molecular weight is 316 g/mol. The van der Waals surface area contributed by atoms with Crippen molar-refractivity contribution < 1.29 is 27.8 Å². The molecule has 21 heavy (non-hydrogen) atoms. The Morgan fingerprint density at radius 2 is 2.19 bits per heavy atom. The van der Waals surface area contributed by atoms with Crippen LogP contribution in [0.5, 0.6) is 0 Å². The van der Waals surface area contributed by atoms with E-state index in [9.17, 15) is 13.2 Å². The smallest absolute Gasteiger partial charge is 0.337 e. The molecule has 0 aromatic heterocycles. The van der Waals surface area contributed by atoms with E-state index >= 15 is 0 Å². The summed E-state index contributed by atoms with van der Waals surface area (Å²) in [6.45, 7) is 1.17. The molecule has 8 nitrogen and oxygen atoms in total. The van der Waals surface area contributed by atoms with Gasteiger partial charge in [0.1, 0.15) is 0 Å². The van der Waals surface area contributed by atoms with Crippen LogP contribution in [0.4, 0.5) is 5.69 Å². The van der Waals surface area contributed by atoms with Gasteiger partial charge in [0.05, 0.1) is 36.4 Å². The van der Waals surface area contributed by atoms with E-state index in [1.54, 1.807) is 0 Å². The fourth-order valence-electron chi connectivity index (χ4n) is 1.88. The molecule has 9 heteroatoms. The maximum Gasteiger partial charge on any atom is 0.337 e. The van der Waals surface area contributed by atoms with Crippen LogP contribution in [0, 0.1) is 0 Å². The summed E-state index contributed by atoms with van der Waals surface area (Å²) in [6.07, 6.45) is -0.393. The fraction of sp³-hybridized carbons (Fsp3) is 0.417. The largest absolute Gasteiger partial charge is 0.478 e. The topological polar surface area (TPSA) is 128 Å². The van der Waals surface area contributed by atoms with E-state index in [4.69, 9.17) is 20.3 Å². The summed E-state index contributed by atoms with van der Waals surface area (Å²) >= 11 is 0. The van der Waals surface area contributed by atoms with Crippen molar-refractivity contribution in [2.45, 2.75) is 11.0 Å². The van der Waals surface area contributed by atoms with E-state index in [0.29, 0.717) is 13.2 Å². The first-order valence-corrected chi connectivity index (χ1v) is 7.70. The van der Waals surface area contributed by atoms with Crippen LogP contribution in [-0.2, 0) is 19.5 Å². The number of rotatable bonds is 5. The van der Waals surface area contributed by atoms with E-state index in [2.05, 4.69) is 4.72 Å². The first kappa shape index (κ1) is 15.7. The van der Waals surface area contributed by atoms with Crippen LogP contribution >= 0.6 is 0 Å². The maximum atomic E-state index is 12.2. The molecule has 1 aromatic rings. The number of aromatic carboxylic acids is 1. The average Bonchev–Trinajstić information content (AvgIpc) is 2.46. The number of carbonyl (C=O) groups is 1. The molecular weight excluding hydrogens is 300 g/mol. The predicted octanol–water partition coefficient (Wildman–Crippen LogP) is -0.339. The minimum Gasteiger partial charge on any atom is -0.478 e. The second kappa shape index (κ2) is 6.39. The number of sulfonamides is 1. The van der Waals surface area contributed by atoms with Crippen LogP contribution in [0.3, 0.4) is 0 Å². The van der Waals surface area contributed by atoms with Gasteiger partial charge in [0.2, 0.25) is 10.0 Å². The second-order valence-corrected chi connectivity index (χ2v) is 6.22. The van der Waals surface area contributed by atoms with Gasteiger partial charge in [-0.05, 0) is 18.2 Å². The molecular formula is C12H16N2O6S. The van der Waals surface area contributed by atoms with Gasteiger partial charge in [-0.2, -0.15) is 0 Å². The van der Waals surface area contributed by atoms with Crippen LogP contribution in [0.2, 0.25) is 0 Å². The number of hydrogen-bond acceptors (Lipinski definition) is 6. The van der Waals surface area contributed by atoms with E-state index in [0.717, 1.165) is 6.07 Å². The molecule has 0 aliphatic carbocycles. The quantitative estimate of drug-likeness (QED) is 0.634. The molecule has 0 bridgehead atoms. The third-order valence-electron chi connectivity index (χ3n) is 2.91. The Labute approximate surface area is 121 Å². The Kier molecular flexibility index (Phi) is 4.78. The van der Waals surface area contributed by atoms with Crippen molar-refractivity contribution >= 4 is 21.7 Å². The van der Waals surface area contributed by atoms with Crippen LogP contribution in [-0.4, -0.2) is 52.0 Å². The number of nitrogen functional groups attached to an aromatic ring is 1. The van der Waals surface area contributed by atoms with Crippen molar-refractivity contribution in [1.29, 1.82) is 0 Å². The van der Waals surface area contributed by atoms with Gasteiger partial charge in [-0.15, -0.1) is 0 Å². The highest BCUT2D eigenvalue weighted by Gasteiger charge is 2.24. The van der Waals surface area contributed by atoms with Crippen LogP contribution in [0.1, 0.15) is 10.4 Å². The van der Waals surface area contributed by atoms with Gasteiger partial charge in [-0.25, -0.2) is 17.9 Å². The van der Waals surface area contributed by atoms with Crippen LogP contribution in [0.15, 0.2) is 23.1 Å². The number of nitrogens with one attached hydrogen (secondary N) is 1. The lowest BCUT2D eigenvalue weighted by atomic mass is 10.2. The molecule has 2 rings (SSSR count). The number of benzene rings is 1. The molecule has 1 unspecified atom stereocenters. The molecule has 1 heterocycles. The van der Waals surface area contributed by atoms with Gasteiger partial charge in [0, 0.05) is 12.2 Å². The normalized spacial score (nSPS) is 19.3. The summed E-state index contributed by atoms with van der Waals surface area (Å²) in [6, 6.07) is 3.61. The zero-order valence-electron chi connectivity index (χ0n) is 11.1. The van der Waals surface area contributed by atoms with Crippen molar-refractivity contribution in [3.8, 4) is 0 Å². The molecule has 1 atom stereocenters. The Morgan fingerprint density at radius 3 is 2.81 bits per heavy atom. The van der Waals surface area contributed by atoms with Gasteiger partial charge in [-0.1, -0.05) is 0 Å². The summed E-state index contributed by atoms with van der Waals surface area (Å²) in [7, 11) is -3.97. The molecule has 4 N–H and O–H groups in total. The van der Waals surface area contributed by atoms with Gasteiger partial charge < -0.3 is 20.3 Å². The van der Waals surface area contributed by atoms with Crippen molar-refractivity contribution in [1.82, 2.24) is 4.72 Å². The van der Waals surface area contributed by atoms with Crippen molar-refractivity contribution in [3.63, 3.8) is 0 Å². The molecule has 0 radical (unpaired) electrons. The predicted molar refractivity (Wildman–Crippen MR) is 73.6 cm³/mol. The first-order chi connectivity index (χ1) is 9.90. The number of nitrogens with two attached hydrogens (primary N) is 1. The summed E-state index contributed by atoms with van der Waals surface area (Å²) in [5.41, 5.74) is 5.29. The molecule has 1 aromatic carbocycles. The molecule has 1 saturated heterocycles. The Hall–Kier alpha value is -1.68. The van der Waals surface area contributed by atoms with Crippen LogP contribution < -0.4 is 10.5 Å². The minimum absolute atomic E-state index is 0.00572. The van der Waals surface area contributed by atoms with Gasteiger partial charge in [0.25, 0.3) is 0 Å². The lowest BCUT2D eigenvalue weighted by Crippen LogP contribution is -2.40. The molecule has 0 amide bonds. The van der Waals surface area contributed by atoms with E-state index in [1.165, 1.54) is 12.1 Å². The zero-order chi connectivity index (χ0) is 15.5. The summed E-state index contributed by atoms with van der Waals surface area (Å²) < 4.78 is 37.2. The van der Waals surface area contributed by atoms with Crippen LogP contribution in [0.25, 0.3) is 0 Å². The molecule has 0 saturated carbocycles. The summed E-state index contributed by atoms with van der Waals surface area (Å²) in [5, 5.41) is 9.08. The van der Waals surface area contributed by atoms with Gasteiger partial charge >= 0.3 is 5.97 Å². The highest BCUT2D eigenvalue weighted by molar-refractivity contribution is 7.89. The lowest BCUT2D eigenvalue weighted by Gasteiger charge is -2.23. The lowest BCUT2D eigenvalue weighted by molar-refractivity contribution is -0.0846. The molecule has 1 aliphatic rings. The number of anilines is 1.